The van der Waals surface area contributed by atoms with E-state index in [4.69, 9.17) is 16.3 Å². The second-order valence-corrected chi connectivity index (χ2v) is 9.81. The highest BCUT2D eigenvalue weighted by atomic mass is 35.5. The van der Waals surface area contributed by atoms with Crippen molar-refractivity contribution in [2.75, 3.05) is 16.8 Å². The van der Waals surface area contributed by atoms with E-state index in [1.54, 1.807) is 36.4 Å². The third kappa shape index (κ3) is 2.58. The number of nitrogens with one attached hydrogen (secondary N) is 1. The van der Waals surface area contributed by atoms with Crippen LogP contribution in [0.2, 0.25) is 5.02 Å². The molecule has 0 aromatic heterocycles. The topological polar surface area (TPSA) is 96.0 Å². The Morgan fingerprint density at radius 2 is 1.88 bits per heavy atom. The quantitative estimate of drug-likeness (QED) is 0.404. The van der Waals surface area contributed by atoms with Gasteiger partial charge in [0.25, 0.3) is 0 Å². The molecule has 4 atom stereocenters. The largest absolute Gasteiger partial charge is 0.427 e. The van der Waals surface area contributed by atoms with Crippen LogP contribution in [0.15, 0.2) is 36.4 Å². The van der Waals surface area contributed by atoms with E-state index in [-0.39, 0.29) is 17.9 Å². The number of halogens is 1. The summed E-state index contributed by atoms with van der Waals surface area (Å²) in [5.74, 6) is -2.59. The number of carbonyl (C=O) groups is 4. The lowest BCUT2D eigenvalue weighted by Gasteiger charge is -2.36. The van der Waals surface area contributed by atoms with Crippen molar-refractivity contribution in [2.24, 2.45) is 11.8 Å². The second kappa shape index (κ2) is 7.13. The zero-order chi connectivity index (χ0) is 23.9. The number of rotatable bonds is 2. The van der Waals surface area contributed by atoms with Gasteiger partial charge in [-0.25, -0.2) is 4.90 Å². The number of benzene rings is 2. The highest BCUT2D eigenvalue weighted by Gasteiger charge is 2.74. The third-order valence-electron chi connectivity index (χ3n) is 7.62. The number of imide groups is 1. The standard InChI is InChI=1S/C25H22ClN3O5/c1-12-10-14(26)11-17-21(12)27-24(33)25(17)20-19(18-4-3-9-28(18)25)22(31)29(23(20)32)15-5-7-16(8-6-15)34-13(2)30/h5-8,10-11,18-20H,3-4,9H2,1-2H3,(H,27,33). The first-order chi connectivity index (χ1) is 16.2. The molecule has 2 aromatic carbocycles. The Bertz CT molecular complexity index is 1290. The Kier molecular flexibility index (Phi) is 4.47. The van der Waals surface area contributed by atoms with Crippen molar-refractivity contribution in [1.29, 1.82) is 0 Å². The summed E-state index contributed by atoms with van der Waals surface area (Å²) in [4.78, 5) is 55.9. The minimum atomic E-state index is -1.27. The molecule has 0 aliphatic carbocycles. The summed E-state index contributed by atoms with van der Waals surface area (Å²) >= 11 is 6.41. The average molecular weight is 480 g/mol. The molecule has 6 rings (SSSR count). The van der Waals surface area contributed by atoms with Crippen LogP contribution in [-0.4, -0.2) is 41.2 Å². The molecule has 4 aliphatic rings. The Morgan fingerprint density at radius 1 is 1.15 bits per heavy atom. The summed E-state index contributed by atoms with van der Waals surface area (Å²) < 4.78 is 5.07. The van der Waals surface area contributed by atoms with Gasteiger partial charge in [-0.1, -0.05) is 11.6 Å². The molecule has 3 saturated heterocycles. The molecule has 4 aliphatic heterocycles. The van der Waals surface area contributed by atoms with Crippen molar-refractivity contribution >= 4 is 46.7 Å². The van der Waals surface area contributed by atoms with Gasteiger partial charge in [0.1, 0.15) is 11.3 Å². The van der Waals surface area contributed by atoms with Gasteiger partial charge in [-0.3, -0.25) is 24.1 Å². The van der Waals surface area contributed by atoms with Crippen molar-refractivity contribution in [3.8, 4) is 5.75 Å². The predicted octanol–water partition coefficient (Wildman–Crippen LogP) is 3.00. The van der Waals surface area contributed by atoms with Crippen LogP contribution in [0.1, 0.15) is 30.9 Å². The molecule has 8 nitrogen and oxygen atoms in total. The highest BCUT2D eigenvalue weighted by Crippen LogP contribution is 2.61. The molecular formula is C25H22ClN3O5. The molecule has 4 unspecified atom stereocenters. The maximum atomic E-state index is 14.0. The molecule has 1 N–H and O–H groups in total. The van der Waals surface area contributed by atoms with Crippen LogP contribution in [0, 0.1) is 18.8 Å². The van der Waals surface area contributed by atoms with Crippen molar-refractivity contribution in [2.45, 2.75) is 38.3 Å². The summed E-state index contributed by atoms with van der Waals surface area (Å²) in [7, 11) is 0. The number of amides is 3. The lowest BCUT2D eigenvalue weighted by molar-refractivity contribution is -0.135. The van der Waals surface area contributed by atoms with Crippen LogP contribution in [0.25, 0.3) is 0 Å². The lowest BCUT2D eigenvalue weighted by atomic mass is 9.75. The Hall–Kier alpha value is -3.23. The van der Waals surface area contributed by atoms with Gasteiger partial charge in [-0.05, 0) is 68.3 Å². The van der Waals surface area contributed by atoms with E-state index < -0.39 is 29.3 Å². The van der Waals surface area contributed by atoms with Gasteiger partial charge in [0.15, 0.2) is 0 Å². The number of carbonyl (C=O) groups excluding carboxylic acids is 4. The van der Waals surface area contributed by atoms with Crippen LogP contribution in [0.4, 0.5) is 11.4 Å². The Morgan fingerprint density at radius 3 is 2.59 bits per heavy atom. The molecule has 9 heteroatoms. The normalized spacial score (nSPS) is 29.4. The molecule has 0 saturated carbocycles. The number of ether oxygens (including phenoxy) is 1. The lowest BCUT2D eigenvalue weighted by Crippen LogP contribution is -2.54. The van der Waals surface area contributed by atoms with E-state index >= 15 is 0 Å². The van der Waals surface area contributed by atoms with Crippen molar-refractivity contribution in [1.82, 2.24) is 4.90 Å². The average Bonchev–Trinajstić information content (AvgIpc) is 3.48. The van der Waals surface area contributed by atoms with Crippen LogP contribution in [0.3, 0.4) is 0 Å². The van der Waals surface area contributed by atoms with Crippen molar-refractivity contribution in [3.63, 3.8) is 0 Å². The number of nitrogens with zero attached hydrogens (tertiary/aromatic N) is 2. The predicted molar refractivity (Wildman–Crippen MR) is 123 cm³/mol. The number of anilines is 2. The first-order valence-corrected chi connectivity index (χ1v) is 11.7. The summed E-state index contributed by atoms with van der Waals surface area (Å²) in [5.41, 5.74) is 1.29. The number of hydrogen-bond acceptors (Lipinski definition) is 6. The number of fused-ring (bicyclic) bond motifs is 7. The minimum absolute atomic E-state index is 0.206. The molecule has 0 radical (unpaired) electrons. The fourth-order valence-corrected chi connectivity index (χ4v) is 6.79. The molecule has 2 aromatic rings. The maximum Gasteiger partial charge on any atom is 0.308 e. The highest BCUT2D eigenvalue weighted by molar-refractivity contribution is 6.31. The van der Waals surface area contributed by atoms with E-state index in [1.807, 2.05) is 6.92 Å². The zero-order valence-corrected chi connectivity index (χ0v) is 19.4. The van der Waals surface area contributed by atoms with Crippen LogP contribution in [-0.2, 0) is 24.7 Å². The fraction of sp³-hybridized carbons (Fsp3) is 0.360. The molecule has 0 bridgehead atoms. The van der Waals surface area contributed by atoms with Gasteiger partial charge < -0.3 is 10.1 Å². The van der Waals surface area contributed by atoms with Gasteiger partial charge >= 0.3 is 5.97 Å². The molecule has 34 heavy (non-hydrogen) atoms. The van der Waals surface area contributed by atoms with Crippen LogP contribution in [0.5, 0.6) is 5.75 Å². The smallest absolute Gasteiger partial charge is 0.308 e. The molecule has 4 heterocycles. The summed E-state index contributed by atoms with van der Waals surface area (Å²) in [6, 6.07) is 9.59. The third-order valence-corrected chi connectivity index (χ3v) is 7.84. The number of esters is 1. The van der Waals surface area contributed by atoms with Gasteiger partial charge in [-0.2, -0.15) is 0 Å². The molecular weight excluding hydrogens is 458 g/mol. The van der Waals surface area contributed by atoms with Crippen molar-refractivity contribution < 1.29 is 23.9 Å². The molecule has 1 spiro atoms. The Labute approximate surface area is 200 Å². The summed E-state index contributed by atoms with van der Waals surface area (Å²) in [6.07, 6.45) is 1.58. The van der Waals surface area contributed by atoms with E-state index in [0.717, 1.165) is 18.4 Å². The minimum Gasteiger partial charge on any atom is -0.427 e. The molecule has 3 amide bonds. The van der Waals surface area contributed by atoms with Gasteiger partial charge in [0, 0.05) is 29.2 Å². The number of aryl methyl sites for hydroxylation is 1. The molecule has 3 fully saturated rings. The fourth-order valence-electron chi connectivity index (χ4n) is 6.52. The zero-order valence-electron chi connectivity index (χ0n) is 18.6. The monoisotopic (exact) mass is 479 g/mol. The summed E-state index contributed by atoms with van der Waals surface area (Å²) in [6.45, 7) is 3.80. The Balaban J connectivity index is 1.48. The second-order valence-electron chi connectivity index (χ2n) is 9.37. The maximum absolute atomic E-state index is 14.0. The van der Waals surface area contributed by atoms with E-state index in [0.29, 0.717) is 34.3 Å². The van der Waals surface area contributed by atoms with E-state index in [1.165, 1.54) is 11.8 Å². The van der Waals surface area contributed by atoms with Gasteiger partial charge in [0.2, 0.25) is 17.7 Å². The van der Waals surface area contributed by atoms with Gasteiger partial charge in [-0.15, -0.1) is 0 Å². The number of hydrogen-bond donors (Lipinski definition) is 1. The van der Waals surface area contributed by atoms with E-state index in [2.05, 4.69) is 10.2 Å². The first kappa shape index (κ1) is 21.3. The molecule has 174 valence electrons. The van der Waals surface area contributed by atoms with Gasteiger partial charge in [0.05, 0.1) is 17.5 Å². The van der Waals surface area contributed by atoms with E-state index in [9.17, 15) is 19.2 Å². The van der Waals surface area contributed by atoms with Crippen LogP contribution < -0.4 is 15.0 Å². The SMILES string of the molecule is CC(=O)Oc1ccc(N2C(=O)C3C4CCCN4C4(C(=O)Nc5c(C)cc(Cl)cc54)C3C2=O)cc1. The van der Waals surface area contributed by atoms with Crippen molar-refractivity contribution in [3.05, 3.63) is 52.5 Å². The first-order valence-electron chi connectivity index (χ1n) is 11.3. The van der Waals surface area contributed by atoms with Crippen LogP contribution >= 0.6 is 11.6 Å². The summed E-state index contributed by atoms with van der Waals surface area (Å²) in [5, 5.41) is 3.48.